The van der Waals surface area contributed by atoms with Crippen LogP contribution in [0.1, 0.15) is 52.9 Å². The van der Waals surface area contributed by atoms with E-state index in [2.05, 4.69) is 20.3 Å². The van der Waals surface area contributed by atoms with Crippen molar-refractivity contribution in [1.82, 2.24) is 0 Å². The Balaban J connectivity index is 0.00000225. The Bertz CT molecular complexity index is 218. The second-order valence-corrected chi connectivity index (χ2v) is 4.71. The largest absolute Gasteiger partial charge is 1.00 e. The molecule has 1 aliphatic rings. The number of hydrogen-bond donors (Lipinski definition) is 0. The molecule has 0 bridgehead atoms. The molecule has 16 heavy (non-hydrogen) atoms. The molecule has 2 atom stereocenters. The Morgan fingerprint density at radius 2 is 2.00 bits per heavy atom. The van der Waals surface area contributed by atoms with Gasteiger partial charge in [0.15, 0.2) is 0 Å². The van der Waals surface area contributed by atoms with Crippen LogP contribution in [0.15, 0.2) is 0 Å². The first-order valence-electron chi connectivity index (χ1n) is 6.16. The minimum Gasteiger partial charge on any atom is -0.468 e. The van der Waals surface area contributed by atoms with Crippen LogP contribution in [0.2, 0.25) is 0 Å². The second kappa shape index (κ2) is 7.34. The second-order valence-electron chi connectivity index (χ2n) is 4.71. The van der Waals surface area contributed by atoms with E-state index < -0.39 is 0 Å². The summed E-state index contributed by atoms with van der Waals surface area (Å²) in [5, 5.41) is 0. The van der Waals surface area contributed by atoms with Gasteiger partial charge in [-0.15, -0.1) is 0 Å². The molecule has 0 radical (unpaired) electrons. The van der Waals surface area contributed by atoms with Gasteiger partial charge in [0, 0.05) is 0 Å². The molecule has 3 heteroatoms. The standard InChI is InChI=1S/C13H23O2.Cu/c1-4-6-7-8-9-13(3)10-11(13)12(14)15-5-2;/h10-11H,4-9H2,1-3H3;/q-1;+1/t11-,13+;/m1./s1. The van der Waals surface area contributed by atoms with Crippen LogP contribution < -0.4 is 0 Å². The molecule has 0 N–H and O–H groups in total. The quantitative estimate of drug-likeness (QED) is 0.308. The van der Waals surface area contributed by atoms with Crippen molar-refractivity contribution in [2.24, 2.45) is 11.3 Å². The fourth-order valence-electron chi connectivity index (χ4n) is 2.07. The van der Waals surface area contributed by atoms with Gasteiger partial charge >= 0.3 is 17.1 Å². The zero-order valence-corrected chi connectivity index (χ0v) is 11.5. The van der Waals surface area contributed by atoms with Crippen molar-refractivity contribution in [3.05, 3.63) is 6.42 Å². The van der Waals surface area contributed by atoms with Crippen molar-refractivity contribution >= 4 is 5.97 Å². The summed E-state index contributed by atoms with van der Waals surface area (Å²) in [5.74, 6) is 0.0366. The van der Waals surface area contributed by atoms with E-state index in [0.717, 1.165) is 6.42 Å². The molecule has 0 aliphatic heterocycles. The van der Waals surface area contributed by atoms with Gasteiger partial charge in [-0.25, -0.2) is 0 Å². The van der Waals surface area contributed by atoms with Gasteiger partial charge in [0.1, 0.15) is 0 Å². The third kappa shape index (κ3) is 4.47. The molecule has 0 heterocycles. The van der Waals surface area contributed by atoms with Crippen molar-refractivity contribution < 1.29 is 26.6 Å². The van der Waals surface area contributed by atoms with Crippen molar-refractivity contribution in [2.75, 3.05) is 6.61 Å². The minimum atomic E-state index is -0.0320. The van der Waals surface area contributed by atoms with Crippen LogP contribution >= 0.6 is 0 Å². The smallest absolute Gasteiger partial charge is 0.468 e. The molecule has 1 saturated carbocycles. The number of carbonyl (C=O) groups excluding carboxylic acids is 1. The molecule has 1 rings (SSSR count). The maximum Gasteiger partial charge on any atom is 1.00 e. The molecule has 0 spiro atoms. The summed E-state index contributed by atoms with van der Waals surface area (Å²) < 4.78 is 5.02. The van der Waals surface area contributed by atoms with Crippen LogP contribution in [0.4, 0.5) is 0 Å². The zero-order valence-electron chi connectivity index (χ0n) is 10.5. The summed E-state index contributed by atoms with van der Waals surface area (Å²) in [7, 11) is 0. The van der Waals surface area contributed by atoms with E-state index in [9.17, 15) is 4.79 Å². The number of hydrogen-bond acceptors (Lipinski definition) is 2. The van der Waals surface area contributed by atoms with E-state index in [0.29, 0.717) is 6.61 Å². The Kier molecular flexibility index (Phi) is 7.34. The summed E-state index contributed by atoms with van der Waals surface area (Å²) in [5.41, 5.74) is 0.139. The van der Waals surface area contributed by atoms with Crippen LogP contribution in [0, 0.1) is 17.8 Å². The number of rotatable bonds is 7. The van der Waals surface area contributed by atoms with Gasteiger partial charge in [-0.3, -0.25) is 4.79 Å². The molecule has 2 nitrogen and oxygen atoms in total. The number of ether oxygens (including phenoxy) is 1. The van der Waals surface area contributed by atoms with Gasteiger partial charge in [-0.1, -0.05) is 51.9 Å². The first kappa shape index (κ1) is 16.0. The van der Waals surface area contributed by atoms with E-state index in [1.54, 1.807) is 0 Å². The van der Waals surface area contributed by atoms with Gasteiger partial charge in [-0.05, 0) is 6.92 Å². The zero-order chi connectivity index (χ0) is 11.3. The molecule has 0 unspecified atom stereocenters. The Labute approximate surface area is 110 Å². The maximum absolute atomic E-state index is 11.5. The predicted octanol–water partition coefficient (Wildman–Crippen LogP) is 3.36. The fourth-order valence-corrected chi connectivity index (χ4v) is 2.07. The summed E-state index contributed by atoms with van der Waals surface area (Å²) in [6, 6.07) is 0. The third-order valence-corrected chi connectivity index (χ3v) is 3.26. The first-order valence-corrected chi connectivity index (χ1v) is 6.16. The molecule has 0 aromatic heterocycles. The van der Waals surface area contributed by atoms with E-state index in [1.807, 2.05) is 6.92 Å². The van der Waals surface area contributed by atoms with Crippen molar-refractivity contribution in [2.45, 2.75) is 52.9 Å². The average Bonchev–Trinajstić information content (AvgIpc) is 2.87. The summed E-state index contributed by atoms with van der Waals surface area (Å²) in [4.78, 5) is 11.5. The van der Waals surface area contributed by atoms with Gasteiger partial charge in [-0.2, -0.15) is 5.41 Å². The predicted molar refractivity (Wildman–Crippen MR) is 61.3 cm³/mol. The molecular formula is C13H23CuO2. The van der Waals surface area contributed by atoms with Crippen molar-refractivity contribution in [3.63, 3.8) is 0 Å². The topological polar surface area (TPSA) is 26.3 Å². The van der Waals surface area contributed by atoms with E-state index in [1.165, 1.54) is 25.7 Å². The van der Waals surface area contributed by atoms with Gasteiger partial charge < -0.3 is 11.2 Å². The minimum absolute atomic E-state index is 0. The van der Waals surface area contributed by atoms with Crippen LogP contribution in [-0.2, 0) is 26.6 Å². The molecule has 98 valence electrons. The number of carbonyl (C=O) groups is 1. The Morgan fingerprint density at radius 1 is 1.31 bits per heavy atom. The average molecular weight is 275 g/mol. The monoisotopic (exact) mass is 274 g/mol. The molecule has 0 aromatic rings. The SMILES string of the molecule is CCCCCC[C@@]1(C)[CH-][C@@H]1C(=O)OCC.[Cu+]. The van der Waals surface area contributed by atoms with E-state index >= 15 is 0 Å². The van der Waals surface area contributed by atoms with Gasteiger partial charge in [0.25, 0.3) is 5.97 Å². The molecular weight excluding hydrogens is 252 g/mol. The number of esters is 1. The van der Waals surface area contributed by atoms with Crippen LogP contribution in [0.5, 0.6) is 0 Å². The molecule has 0 amide bonds. The third-order valence-electron chi connectivity index (χ3n) is 3.26. The summed E-state index contributed by atoms with van der Waals surface area (Å²) in [6.45, 7) is 6.74. The maximum atomic E-state index is 11.5. The molecule has 1 aliphatic carbocycles. The van der Waals surface area contributed by atoms with Gasteiger partial charge in [0.05, 0.1) is 6.61 Å². The normalized spacial score (nSPS) is 27.1. The first-order chi connectivity index (χ1) is 7.14. The van der Waals surface area contributed by atoms with Crippen LogP contribution in [-0.4, -0.2) is 12.6 Å². The summed E-state index contributed by atoms with van der Waals surface area (Å²) in [6.07, 6.45) is 8.36. The molecule has 1 fully saturated rings. The fraction of sp³-hybridized carbons (Fsp3) is 0.846. The van der Waals surface area contributed by atoms with Crippen LogP contribution in [0.25, 0.3) is 0 Å². The van der Waals surface area contributed by atoms with Gasteiger partial charge in [0.2, 0.25) is 0 Å². The van der Waals surface area contributed by atoms with Crippen molar-refractivity contribution in [3.8, 4) is 0 Å². The van der Waals surface area contributed by atoms with Crippen LogP contribution in [0.3, 0.4) is 0 Å². The Hall–Kier alpha value is -0.0105. The van der Waals surface area contributed by atoms with E-state index in [-0.39, 0.29) is 34.4 Å². The molecule has 0 saturated heterocycles. The molecule has 0 aromatic carbocycles. The van der Waals surface area contributed by atoms with E-state index in [4.69, 9.17) is 4.74 Å². The van der Waals surface area contributed by atoms with Crippen molar-refractivity contribution in [1.29, 1.82) is 0 Å². The Morgan fingerprint density at radius 3 is 2.56 bits per heavy atom. The number of unbranched alkanes of at least 4 members (excludes halogenated alkanes) is 3. The summed E-state index contributed by atoms with van der Waals surface area (Å²) >= 11 is 0.